The van der Waals surface area contributed by atoms with Crippen molar-refractivity contribution in [2.24, 2.45) is 0 Å². The van der Waals surface area contributed by atoms with E-state index in [1.54, 1.807) is 22.3 Å². The minimum Gasteiger partial charge on any atom is -0.469 e. The highest BCUT2D eigenvalue weighted by Crippen LogP contribution is 2.23. The number of carbonyl (C=O) groups is 2. The molecule has 0 saturated heterocycles. The first-order valence-electron chi connectivity index (χ1n) is 5.86. The van der Waals surface area contributed by atoms with Gasteiger partial charge in [0, 0.05) is 24.0 Å². The summed E-state index contributed by atoms with van der Waals surface area (Å²) in [5, 5.41) is 0. The Balaban J connectivity index is 2.53. The van der Waals surface area contributed by atoms with Gasteiger partial charge in [-0.1, -0.05) is 0 Å². The highest BCUT2D eigenvalue weighted by Gasteiger charge is 2.10. The quantitative estimate of drug-likeness (QED) is 0.588. The molecule has 0 bridgehead atoms. The summed E-state index contributed by atoms with van der Waals surface area (Å²) in [5.41, 5.74) is 0. The lowest BCUT2D eigenvalue weighted by atomic mass is 10.3. The molecule has 0 aliphatic heterocycles. The molecule has 0 fully saturated rings. The third-order valence-electron chi connectivity index (χ3n) is 2.49. The monoisotopic (exact) mass is 345 g/mol. The number of methoxy groups -OCH3 is 1. The maximum atomic E-state index is 11.9. The molecule has 1 amide bonds. The van der Waals surface area contributed by atoms with E-state index in [-0.39, 0.29) is 18.3 Å². The fourth-order valence-electron chi connectivity index (χ4n) is 1.43. The lowest BCUT2D eigenvalue weighted by Crippen LogP contribution is -2.31. The van der Waals surface area contributed by atoms with Gasteiger partial charge in [-0.3, -0.25) is 9.59 Å². The van der Waals surface area contributed by atoms with E-state index in [2.05, 4.69) is 20.7 Å². The van der Waals surface area contributed by atoms with Crippen molar-refractivity contribution in [2.75, 3.05) is 20.2 Å². The number of nitrogens with zero attached hydrogens (tertiary/aromatic N) is 1. The van der Waals surface area contributed by atoms with Crippen LogP contribution in [0.4, 0.5) is 0 Å². The fourth-order valence-corrected chi connectivity index (χ4v) is 2.76. The van der Waals surface area contributed by atoms with Gasteiger partial charge in [0.15, 0.2) is 0 Å². The Hall–Kier alpha value is -1.14. The molecule has 0 aliphatic rings. The van der Waals surface area contributed by atoms with Crippen LogP contribution < -0.4 is 0 Å². The molecule has 0 aromatic carbocycles. The van der Waals surface area contributed by atoms with Gasteiger partial charge in [0.05, 0.1) is 17.3 Å². The van der Waals surface area contributed by atoms with Crippen molar-refractivity contribution in [3.63, 3.8) is 0 Å². The number of halogens is 1. The molecule has 0 N–H and O–H groups in total. The SMILES string of the molecule is CCN(CCC(=O)OC)C(=O)/C=C/c1ccc(Br)s1. The van der Waals surface area contributed by atoms with Crippen LogP contribution in [0.3, 0.4) is 0 Å². The van der Waals surface area contributed by atoms with Crippen molar-refractivity contribution in [3.8, 4) is 0 Å². The van der Waals surface area contributed by atoms with E-state index in [1.165, 1.54) is 13.2 Å². The molecule has 1 aromatic heterocycles. The average Bonchev–Trinajstić information content (AvgIpc) is 2.82. The van der Waals surface area contributed by atoms with Gasteiger partial charge in [-0.05, 0) is 41.1 Å². The number of ether oxygens (including phenoxy) is 1. The van der Waals surface area contributed by atoms with Crippen LogP contribution >= 0.6 is 27.3 Å². The number of rotatable bonds is 6. The molecule has 6 heteroatoms. The van der Waals surface area contributed by atoms with Crippen molar-refractivity contribution < 1.29 is 14.3 Å². The highest BCUT2D eigenvalue weighted by molar-refractivity contribution is 9.11. The second kappa shape index (κ2) is 8.12. The van der Waals surface area contributed by atoms with Gasteiger partial charge in [-0.25, -0.2) is 0 Å². The highest BCUT2D eigenvalue weighted by atomic mass is 79.9. The van der Waals surface area contributed by atoms with Gasteiger partial charge >= 0.3 is 5.97 Å². The Kier molecular flexibility index (Phi) is 6.80. The van der Waals surface area contributed by atoms with Gasteiger partial charge in [0.2, 0.25) is 5.91 Å². The molecule has 0 spiro atoms. The van der Waals surface area contributed by atoms with Crippen LogP contribution in [-0.2, 0) is 14.3 Å². The number of likely N-dealkylation sites (N-methyl/N-ethyl adjacent to an activating group) is 1. The van der Waals surface area contributed by atoms with E-state index in [0.29, 0.717) is 13.1 Å². The minimum atomic E-state index is -0.308. The summed E-state index contributed by atoms with van der Waals surface area (Å²) in [6, 6.07) is 3.87. The summed E-state index contributed by atoms with van der Waals surface area (Å²) < 4.78 is 5.58. The van der Waals surface area contributed by atoms with Gasteiger partial charge in [0.1, 0.15) is 0 Å². The molecule has 0 radical (unpaired) electrons. The number of esters is 1. The number of hydrogen-bond donors (Lipinski definition) is 0. The third kappa shape index (κ3) is 5.57. The lowest BCUT2D eigenvalue weighted by Gasteiger charge is -2.18. The molecule has 1 aromatic rings. The van der Waals surface area contributed by atoms with E-state index < -0.39 is 0 Å². The molecular formula is C13H16BrNO3S. The van der Waals surface area contributed by atoms with Crippen molar-refractivity contribution in [2.45, 2.75) is 13.3 Å². The zero-order chi connectivity index (χ0) is 14.3. The molecule has 104 valence electrons. The number of amides is 1. The minimum absolute atomic E-state index is 0.101. The summed E-state index contributed by atoms with van der Waals surface area (Å²) >= 11 is 4.92. The van der Waals surface area contributed by atoms with Crippen LogP contribution in [0.15, 0.2) is 22.0 Å². The topological polar surface area (TPSA) is 46.6 Å². The van der Waals surface area contributed by atoms with Crippen molar-refractivity contribution in [3.05, 3.63) is 26.9 Å². The largest absolute Gasteiger partial charge is 0.469 e. The summed E-state index contributed by atoms with van der Waals surface area (Å²) in [4.78, 5) is 25.6. The Morgan fingerprint density at radius 1 is 1.47 bits per heavy atom. The van der Waals surface area contributed by atoms with Crippen LogP contribution in [0.1, 0.15) is 18.2 Å². The van der Waals surface area contributed by atoms with Crippen molar-refractivity contribution in [1.82, 2.24) is 4.90 Å². The molecule has 0 atom stereocenters. The second-order valence-electron chi connectivity index (χ2n) is 3.72. The van der Waals surface area contributed by atoms with E-state index in [0.717, 1.165) is 8.66 Å². The van der Waals surface area contributed by atoms with Crippen LogP contribution in [0.25, 0.3) is 6.08 Å². The molecule has 0 aliphatic carbocycles. The number of carbonyl (C=O) groups excluding carboxylic acids is 2. The molecule has 0 saturated carbocycles. The van der Waals surface area contributed by atoms with Gasteiger partial charge in [0.25, 0.3) is 0 Å². The average molecular weight is 346 g/mol. The molecule has 1 rings (SSSR count). The number of hydrogen-bond acceptors (Lipinski definition) is 4. The van der Waals surface area contributed by atoms with Crippen LogP contribution in [0.5, 0.6) is 0 Å². The van der Waals surface area contributed by atoms with Crippen LogP contribution in [-0.4, -0.2) is 37.0 Å². The Morgan fingerprint density at radius 3 is 2.74 bits per heavy atom. The summed E-state index contributed by atoms with van der Waals surface area (Å²) in [6.45, 7) is 2.82. The van der Waals surface area contributed by atoms with Crippen LogP contribution in [0, 0.1) is 0 Å². The smallest absolute Gasteiger partial charge is 0.307 e. The third-order valence-corrected chi connectivity index (χ3v) is 4.08. The van der Waals surface area contributed by atoms with E-state index in [9.17, 15) is 9.59 Å². The molecule has 4 nitrogen and oxygen atoms in total. The lowest BCUT2D eigenvalue weighted by molar-refractivity contribution is -0.141. The number of thiophene rings is 1. The molecule has 0 unspecified atom stereocenters. The predicted molar refractivity (Wildman–Crippen MR) is 79.9 cm³/mol. The zero-order valence-corrected chi connectivity index (χ0v) is 13.3. The van der Waals surface area contributed by atoms with Crippen LogP contribution in [0.2, 0.25) is 0 Å². The van der Waals surface area contributed by atoms with Gasteiger partial charge in [-0.15, -0.1) is 11.3 Å². The molecular weight excluding hydrogens is 330 g/mol. The maximum absolute atomic E-state index is 11.9. The molecule has 19 heavy (non-hydrogen) atoms. The second-order valence-corrected chi connectivity index (χ2v) is 6.21. The van der Waals surface area contributed by atoms with Gasteiger partial charge < -0.3 is 9.64 Å². The summed E-state index contributed by atoms with van der Waals surface area (Å²) in [7, 11) is 1.34. The zero-order valence-electron chi connectivity index (χ0n) is 10.9. The Labute approximate surface area is 125 Å². The summed E-state index contributed by atoms with van der Waals surface area (Å²) in [6.07, 6.45) is 3.52. The predicted octanol–water partition coefficient (Wildman–Crippen LogP) is 2.94. The standard InChI is InChI=1S/C13H16BrNO3S/c1-3-15(9-8-13(17)18-2)12(16)7-5-10-4-6-11(14)19-10/h4-7H,3,8-9H2,1-2H3/b7-5+. The Morgan fingerprint density at radius 2 is 2.21 bits per heavy atom. The Bertz CT molecular complexity index is 470. The maximum Gasteiger partial charge on any atom is 0.307 e. The van der Waals surface area contributed by atoms with Crippen molar-refractivity contribution >= 4 is 45.2 Å². The van der Waals surface area contributed by atoms with Crippen molar-refractivity contribution in [1.29, 1.82) is 0 Å². The van der Waals surface area contributed by atoms with E-state index >= 15 is 0 Å². The van der Waals surface area contributed by atoms with E-state index in [4.69, 9.17) is 0 Å². The summed E-state index contributed by atoms with van der Waals surface area (Å²) in [5.74, 6) is -0.409. The van der Waals surface area contributed by atoms with Gasteiger partial charge in [-0.2, -0.15) is 0 Å². The first-order chi connectivity index (χ1) is 9.06. The molecule has 1 heterocycles. The normalized spacial score (nSPS) is 10.7. The fraction of sp³-hybridized carbons (Fsp3) is 0.385. The first-order valence-corrected chi connectivity index (χ1v) is 7.47. The van der Waals surface area contributed by atoms with E-state index in [1.807, 2.05) is 19.1 Å². The first kappa shape index (κ1) is 15.9.